The minimum atomic E-state index is -0.494. The lowest BCUT2D eigenvalue weighted by atomic mass is 10.2. The molecule has 1 N–H and O–H groups in total. The van der Waals surface area contributed by atoms with E-state index in [0.29, 0.717) is 16.3 Å². The van der Waals surface area contributed by atoms with Crippen LogP contribution in [0.1, 0.15) is 5.56 Å². The summed E-state index contributed by atoms with van der Waals surface area (Å²) >= 11 is 11.2. The predicted octanol–water partition coefficient (Wildman–Crippen LogP) is 4.24. The average Bonchev–Trinajstić information content (AvgIpc) is 3.06. The zero-order valence-corrected chi connectivity index (χ0v) is 16.1. The maximum absolute atomic E-state index is 14.4. The Morgan fingerprint density at radius 3 is 2.57 bits per heavy atom. The molecule has 0 spiro atoms. The van der Waals surface area contributed by atoms with Gasteiger partial charge in [-0.15, -0.1) is 0 Å². The van der Waals surface area contributed by atoms with E-state index in [2.05, 4.69) is 15.3 Å². The van der Waals surface area contributed by atoms with Crippen LogP contribution in [0.2, 0.25) is 5.02 Å². The van der Waals surface area contributed by atoms with E-state index >= 15 is 0 Å². The molecular formula is C19H13ClFN5OS. The highest BCUT2D eigenvalue weighted by molar-refractivity contribution is 7.71. The number of aromatic amines is 1. The Morgan fingerprint density at radius 1 is 1.14 bits per heavy atom. The van der Waals surface area contributed by atoms with Gasteiger partial charge in [-0.1, -0.05) is 23.7 Å². The fraction of sp³-hybridized carbons (Fsp3) is 0.0526. The molecule has 0 atom stereocenters. The summed E-state index contributed by atoms with van der Waals surface area (Å²) in [5.74, 6) is -0.363. The van der Waals surface area contributed by atoms with Gasteiger partial charge in [0.25, 0.3) is 0 Å². The number of nitrogens with one attached hydrogen (secondary N) is 1. The van der Waals surface area contributed by atoms with E-state index in [4.69, 9.17) is 23.8 Å². The first-order valence-corrected chi connectivity index (χ1v) is 9.03. The van der Waals surface area contributed by atoms with Crippen LogP contribution in [0.4, 0.5) is 4.39 Å². The Kier molecular flexibility index (Phi) is 4.66. The van der Waals surface area contributed by atoms with Gasteiger partial charge in [-0.3, -0.25) is 14.5 Å². The molecule has 4 rings (SSSR count). The number of hydrogen-bond acceptors (Lipinski definition) is 4. The van der Waals surface area contributed by atoms with Crippen molar-refractivity contribution in [1.29, 1.82) is 0 Å². The Morgan fingerprint density at radius 2 is 1.86 bits per heavy atom. The van der Waals surface area contributed by atoms with Crippen molar-refractivity contribution in [3.63, 3.8) is 0 Å². The second kappa shape index (κ2) is 7.14. The van der Waals surface area contributed by atoms with E-state index in [-0.39, 0.29) is 27.4 Å². The summed E-state index contributed by atoms with van der Waals surface area (Å²) in [5, 5.41) is 11.8. The molecule has 0 aliphatic heterocycles. The number of para-hydroxylation sites is 1. The number of aryl methyl sites for hydroxylation is 1. The van der Waals surface area contributed by atoms with Gasteiger partial charge < -0.3 is 0 Å². The van der Waals surface area contributed by atoms with E-state index in [1.165, 1.54) is 10.6 Å². The third kappa shape index (κ3) is 3.17. The van der Waals surface area contributed by atoms with Crippen LogP contribution in [0, 0.1) is 17.5 Å². The van der Waals surface area contributed by atoms with Crippen LogP contribution in [0.5, 0.6) is 0 Å². The molecule has 0 saturated carbocycles. The first kappa shape index (κ1) is 18.3. The maximum Gasteiger partial charge on any atom is 0.214 e. The van der Waals surface area contributed by atoms with Crippen LogP contribution < -0.4 is 5.43 Å². The quantitative estimate of drug-likeness (QED) is 0.510. The molecule has 140 valence electrons. The topological polar surface area (TPSA) is 68.5 Å². The number of hydrogen-bond donors (Lipinski definition) is 1. The molecule has 4 aromatic rings. The van der Waals surface area contributed by atoms with Crippen molar-refractivity contribution in [2.45, 2.75) is 6.92 Å². The summed E-state index contributed by atoms with van der Waals surface area (Å²) in [4.78, 5) is 12.8. The van der Waals surface area contributed by atoms with Crippen molar-refractivity contribution in [3.8, 4) is 22.9 Å². The number of halogens is 2. The Labute approximate surface area is 168 Å². The van der Waals surface area contributed by atoms with Crippen molar-refractivity contribution in [3.05, 3.63) is 86.1 Å². The SMILES string of the molecule is Cc1cn(-c2ccc(Cl)cc2)nc(-c2n[nH]c(=S)n2-c2ccccc2F)c1=O. The van der Waals surface area contributed by atoms with Gasteiger partial charge in [0, 0.05) is 16.8 Å². The number of aromatic nitrogens is 5. The molecule has 0 fully saturated rings. The lowest BCUT2D eigenvalue weighted by molar-refractivity contribution is 0.617. The molecule has 0 radical (unpaired) electrons. The van der Waals surface area contributed by atoms with Crippen LogP contribution in [0.25, 0.3) is 22.9 Å². The number of nitrogens with zero attached hydrogens (tertiary/aromatic N) is 4. The monoisotopic (exact) mass is 413 g/mol. The highest BCUT2D eigenvalue weighted by Gasteiger charge is 2.19. The second-order valence-corrected chi connectivity index (χ2v) is 6.87. The molecule has 6 nitrogen and oxygen atoms in total. The molecule has 28 heavy (non-hydrogen) atoms. The normalized spacial score (nSPS) is 11.0. The number of benzene rings is 2. The van der Waals surface area contributed by atoms with Gasteiger partial charge in [-0.2, -0.15) is 10.2 Å². The van der Waals surface area contributed by atoms with Crippen LogP contribution in [-0.4, -0.2) is 24.5 Å². The van der Waals surface area contributed by atoms with Crippen molar-refractivity contribution >= 4 is 23.8 Å². The van der Waals surface area contributed by atoms with Crippen molar-refractivity contribution in [2.75, 3.05) is 0 Å². The van der Waals surface area contributed by atoms with Crippen LogP contribution in [0.3, 0.4) is 0 Å². The first-order valence-electron chi connectivity index (χ1n) is 8.25. The fourth-order valence-electron chi connectivity index (χ4n) is 2.80. The third-order valence-electron chi connectivity index (χ3n) is 4.17. The molecular weight excluding hydrogens is 401 g/mol. The van der Waals surface area contributed by atoms with E-state index in [1.54, 1.807) is 60.3 Å². The molecule has 2 aromatic carbocycles. The van der Waals surface area contributed by atoms with Gasteiger partial charge in [-0.25, -0.2) is 9.07 Å². The highest BCUT2D eigenvalue weighted by Crippen LogP contribution is 2.21. The van der Waals surface area contributed by atoms with Gasteiger partial charge in [0.1, 0.15) is 5.82 Å². The largest absolute Gasteiger partial charge is 0.287 e. The van der Waals surface area contributed by atoms with Crippen molar-refractivity contribution < 1.29 is 4.39 Å². The van der Waals surface area contributed by atoms with Crippen LogP contribution in [0.15, 0.2) is 59.5 Å². The van der Waals surface area contributed by atoms with E-state index in [9.17, 15) is 9.18 Å². The zero-order valence-electron chi connectivity index (χ0n) is 14.6. The van der Waals surface area contributed by atoms with Crippen molar-refractivity contribution in [2.24, 2.45) is 0 Å². The molecule has 0 saturated heterocycles. The minimum absolute atomic E-state index is 0.0468. The second-order valence-electron chi connectivity index (χ2n) is 6.05. The summed E-state index contributed by atoms with van der Waals surface area (Å²) < 4.78 is 17.4. The van der Waals surface area contributed by atoms with E-state index in [0.717, 1.165) is 0 Å². The number of H-pyrrole nitrogens is 1. The highest BCUT2D eigenvalue weighted by atomic mass is 35.5. The smallest absolute Gasteiger partial charge is 0.214 e. The minimum Gasteiger partial charge on any atom is -0.287 e. The third-order valence-corrected chi connectivity index (χ3v) is 4.69. The molecule has 2 heterocycles. The van der Waals surface area contributed by atoms with E-state index in [1.807, 2.05) is 0 Å². The molecule has 0 aliphatic rings. The summed E-state index contributed by atoms with van der Waals surface area (Å²) in [7, 11) is 0. The molecule has 9 heteroatoms. The maximum atomic E-state index is 14.4. The molecule has 0 bridgehead atoms. The summed E-state index contributed by atoms with van der Waals surface area (Å²) in [5.41, 5.74) is 1.06. The molecule has 0 unspecified atom stereocenters. The lowest BCUT2D eigenvalue weighted by Crippen LogP contribution is -2.18. The van der Waals surface area contributed by atoms with E-state index < -0.39 is 5.82 Å². The van der Waals surface area contributed by atoms with Gasteiger partial charge >= 0.3 is 0 Å². The zero-order chi connectivity index (χ0) is 19.8. The predicted molar refractivity (Wildman–Crippen MR) is 107 cm³/mol. The lowest BCUT2D eigenvalue weighted by Gasteiger charge is -2.11. The van der Waals surface area contributed by atoms with Crippen LogP contribution >= 0.6 is 23.8 Å². The van der Waals surface area contributed by atoms with Gasteiger partial charge in [0.15, 0.2) is 16.3 Å². The molecule has 0 amide bonds. The van der Waals surface area contributed by atoms with Gasteiger partial charge in [0.05, 0.1) is 11.4 Å². The summed E-state index contributed by atoms with van der Waals surface area (Å²) in [6.07, 6.45) is 1.61. The van der Waals surface area contributed by atoms with Crippen molar-refractivity contribution in [1.82, 2.24) is 24.5 Å². The Hall–Kier alpha value is -3.10. The fourth-order valence-corrected chi connectivity index (χ4v) is 3.15. The molecule has 0 aliphatic carbocycles. The van der Waals surface area contributed by atoms with Crippen LogP contribution in [-0.2, 0) is 0 Å². The average molecular weight is 414 g/mol. The first-order chi connectivity index (χ1) is 13.5. The summed E-state index contributed by atoms with van der Waals surface area (Å²) in [6, 6.07) is 13.1. The molecule has 2 aromatic heterocycles. The number of rotatable bonds is 3. The van der Waals surface area contributed by atoms with Gasteiger partial charge in [-0.05, 0) is 55.5 Å². The Bertz CT molecular complexity index is 1290. The standard InChI is InChI=1S/C19H13ClFN5OS/c1-11-10-25(13-8-6-12(20)7-9-13)24-16(17(11)27)18-22-23-19(28)26(18)15-5-3-2-4-14(15)21/h2-10H,1H3,(H,23,28). The van der Waals surface area contributed by atoms with Gasteiger partial charge in [0.2, 0.25) is 5.43 Å². The summed E-state index contributed by atoms with van der Waals surface area (Å²) in [6.45, 7) is 1.68. The Balaban J connectivity index is 1.97.